The zero-order chi connectivity index (χ0) is 17.1. The van der Waals surface area contributed by atoms with Crippen molar-refractivity contribution in [2.45, 2.75) is 65.5 Å². The van der Waals surface area contributed by atoms with E-state index in [1.165, 1.54) is 37.7 Å². The molecule has 2 heterocycles. The Morgan fingerprint density at radius 1 is 1.12 bits per heavy atom. The summed E-state index contributed by atoms with van der Waals surface area (Å²) in [5.41, 5.74) is 10.3. The molecule has 1 saturated carbocycles. The van der Waals surface area contributed by atoms with Crippen LogP contribution in [0.3, 0.4) is 0 Å². The Morgan fingerprint density at radius 2 is 1.88 bits per heavy atom. The molecule has 2 N–H and O–H groups in total. The summed E-state index contributed by atoms with van der Waals surface area (Å²) in [4.78, 5) is 16.2. The maximum Gasteiger partial charge on any atom is 0.228 e. The maximum atomic E-state index is 6.11. The molecule has 0 spiro atoms. The summed E-state index contributed by atoms with van der Waals surface area (Å²) in [6, 6.07) is 4.63. The summed E-state index contributed by atoms with van der Waals surface area (Å²) in [7, 11) is 0. The number of hydrogen-bond acceptors (Lipinski definition) is 5. The molecule has 2 aromatic rings. The van der Waals surface area contributed by atoms with Gasteiger partial charge in [-0.3, -0.25) is 4.98 Å². The number of nitrogens with zero attached hydrogens (tertiary/aromatic N) is 4. The van der Waals surface area contributed by atoms with Gasteiger partial charge in [-0.15, -0.1) is 0 Å². The third kappa shape index (κ3) is 3.66. The maximum absolute atomic E-state index is 6.11. The largest absolute Gasteiger partial charge is 0.383 e. The Balaban J connectivity index is 1.95. The van der Waals surface area contributed by atoms with Crippen molar-refractivity contribution < 1.29 is 0 Å². The van der Waals surface area contributed by atoms with Gasteiger partial charge in [-0.05, 0) is 51.3 Å². The quantitative estimate of drug-likeness (QED) is 0.928. The van der Waals surface area contributed by atoms with Crippen molar-refractivity contribution >= 4 is 11.8 Å². The van der Waals surface area contributed by atoms with E-state index in [1.54, 1.807) is 0 Å². The van der Waals surface area contributed by atoms with Gasteiger partial charge in [0.25, 0.3) is 0 Å². The van der Waals surface area contributed by atoms with Crippen molar-refractivity contribution in [2.24, 2.45) is 0 Å². The van der Waals surface area contributed by atoms with E-state index in [9.17, 15) is 0 Å². The van der Waals surface area contributed by atoms with Crippen LogP contribution in [0.15, 0.2) is 18.3 Å². The van der Waals surface area contributed by atoms with E-state index < -0.39 is 0 Å². The molecule has 0 amide bonds. The lowest BCUT2D eigenvalue weighted by atomic mass is 9.94. The first-order chi connectivity index (χ1) is 11.5. The fourth-order valence-electron chi connectivity index (χ4n) is 3.38. The van der Waals surface area contributed by atoms with Crippen LogP contribution in [0.25, 0.3) is 0 Å². The van der Waals surface area contributed by atoms with Gasteiger partial charge in [-0.2, -0.15) is 4.98 Å². The fourth-order valence-corrected chi connectivity index (χ4v) is 3.38. The topological polar surface area (TPSA) is 67.9 Å². The highest BCUT2D eigenvalue weighted by Crippen LogP contribution is 2.28. The van der Waals surface area contributed by atoms with Gasteiger partial charge in [0.05, 0.1) is 12.2 Å². The minimum atomic E-state index is 0.461. The van der Waals surface area contributed by atoms with Gasteiger partial charge in [0.2, 0.25) is 5.95 Å². The summed E-state index contributed by atoms with van der Waals surface area (Å²) < 4.78 is 0. The number of nitrogens with two attached hydrogens (primary N) is 1. The molecular weight excluding hydrogens is 298 g/mol. The predicted octanol–water partition coefficient (Wildman–Crippen LogP) is 3.72. The average molecular weight is 325 g/mol. The highest BCUT2D eigenvalue weighted by Gasteiger charge is 2.25. The first-order valence-electron chi connectivity index (χ1n) is 8.83. The highest BCUT2D eigenvalue weighted by molar-refractivity contribution is 5.47. The van der Waals surface area contributed by atoms with Crippen LogP contribution < -0.4 is 10.6 Å². The highest BCUT2D eigenvalue weighted by atomic mass is 15.3. The van der Waals surface area contributed by atoms with Crippen LogP contribution in [0.4, 0.5) is 11.8 Å². The lowest BCUT2D eigenvalue weighted by Gasteiger charge is -2.34. The number of nitrogen functional groups attached to an aromatic ring is 1. The zero-order valence-electron chi connectivity index (χ0n) is 14.9. The van der Waals surface area contributed by atoms with Crippen molar-refractivity contribution in [3.8, 4) is 0 Å². The third-order valence-electron chi connectivity index (χ3n) is 4.99. The summed E-state index contributed by atoms with van der Waals surface area (Å²) in [6.07, 6.45) is 8.10. The standard InChI is InChI=1S/C19H27N5/c1-13-9-10-21-16(11-13)12-24(17-7-5-4-6-8-17)19-22-15(3)14(2)18(20)23-19/h9-11,17H,4-8,12H2,1-3H3,(H2,20,22,23). The monoisotopic (exact) mass is 325 g/mol. The van der Waals surface area contributed by atoms with Crippen molar-refractivity contribution in [2.75, 3.05) is 10.6 Å². The van der Waals surface area contributed by atoms with E-state index in [1.807, 2.05) is 26.1 Å². The first-order valence-corrected chi connectivity index (χ1v) is 8.83. The minimum Gasteiger partial charge on any atom is -0.383 e. The van der Waals surface area contributed by atoms with Gasteiger partial charge < -0.3 is 10.6 Å². The lowest BCUT2D eigenvalue weighted by Crippen LogP contribution is -2.38. The molecular formula is C19H27N5. The summed E-state index contributed by atoms with van der Waals surface area (Å²) >= 11 is 0. The van der Waals surface area contributed by atoms with Crippen LogP contribution in [-0.4, -0.2) is 21.0 Å². The van der Waals surface area contributed by atoms with Gasteiger partial charge in [-0.1, -0.05) is 19.3 Å². The van der Waals surface area contributed by atoms with Gasteiger partial charge in [0, 0.05) is 23.5 Å². The molecule has 0 aromatic carbocycles. The molecule has 0 unspecified atom stereocenters. The second-order valence-electron chi connectivity index (χ2n) is 6.86. The third-order valence-corrected chi connectivity index (χ3v) is 4.99. The smallest absolute Gasteiger partial charge is 0.228 e. The number of aryl methyl sites for hydroxylation is 2. The van der Waals surface area contributed by atoms with Crippen molar-refractivity contribution in [1.82, 2.24) is 15.0 Å². The van der Waals surface area contributed by atoms with Crippen molar-refractivity contribution in [1.29, 1.82) is 0 Å². The van der Waals surface area contributed by atoms with Crippen LogP contribution >= 0.6 is 0 Å². The van der Waals surface area contributed by atoms with E-state index in [2.05, 4.69) is 27.9 Å². The molecule has 2 aromatic heterocycles. The molecule has 0 aliphatic heterocycles. The summed E-state index contributed by atoms with van der Waals surface area (Å²) in [5, 5.41) is 0. The Morgan fingerprint density at radius 3 is 2.54 bits per heavy atom. The lowest BCUT2D eigenvalue weighted by molar-refractivity contribution is 0.407. The minimum absolute atomic E-state index is 0.461. The number of aromatic nitrogens is 3. The van der Waals surface area contributed by atoms with E-state index in [0.29, 0.717) is 11.9 Å². The van der Waals surface area contributed by atoms with E-state index in [4.69, 9.17) is 10.7 Å². The van der Waals surface area contributed by atoms with Crippen molar-refractivity contribution in [3.05, 3.63) is 40.8 Å². The van der Waals surface area contributed by atoms with Gasteiger partial charge in [0.1, 0.15) is 5.82 Å². The van der Waals surface area contributed by atoms with Crippen LogP contribution in [-0.2, 0) is 6.54 Å². The SMILES string of the molecule is Cc1ccnc(CN(c2nc(C)c(C)c(N)n2)C2CCCCC2)c1. The Bertz CT molecular complexity index is 684. The van der Waals surface area contributed by atoms with Crippen LogP contribution in [0.1, 0.15) is 54.6 Å². The molecule has 0 atom stereocenters. The Hall–Kier alpha value is -2.17. The van der Waals surface area contributed by atoms with E-state index in [-0.39, 0.29) is 0 Å². The van der Waals surface area contributed by atoms with E-state index in [0.717, 1.165) is 29.4 Å². The fraction of sp³-hybridized carbons (Fsp3) is 0.526. The van der Waals surface area contributed by atoms with Crippen molar-refractivity contribution in [3.63, 3.8) is 0 Å². The molecule has 0 radical (unpaired) electrons. The molecule has 5 nitrogen and oxygen atoms in total. The second-order valence-corrected chi connectivity index (χ2v) is 6.86. The Kier molecular flexibility index (Phi) is 4.97. The molecule has 1 aliphatic carbocycles. The molecule has 1 fully saturated rings. The second kappa shape index (κ2) is 7.16. The molecule has 3 rings (SSSR count). The normalized spacial score (nSPS) is 15.5. The number of rotatable bonds is 4. The predicted molar refractivity (Wildman–Crippen MR) is 97.9 cm³/mol. The summed E-state index contributed by atoms with van der Waals surface area (Å²) in [6.45, 7) is 6.80. The van der Waals surface area contributed by atoms with Gasteiger partial charge >= 0.3 is 0 Å². The van der Waals surface area contributed by atoms with Crippen LogP contribution in [0.5, 0.6) is 0 Å². The average Bonchev–Trinajstić information content (AvgIpc) is 2.58. The van der Waals surface area contributed by atoms with Gasteiger partial charge in [0.15, 0.2) is 0 Å². The van der Waals surface area contributed by atoms with E-state index >= 15 is 0 Å². The van der Waals surface area contributed by atoms with Crippen LogP contribution in [0, 0.1) is 20.8 Å². The van der Waals surface area contributed by atoms with Gasteiger partial charge in [-0.25, -0.2) is 4.98 Å². The molecule has 5 heteroatoms. The number of anilines is 2. The van der Waals surface area contributed by atoms with Crippen LogP contribution in [0.2, 0.25) is 0 Å². The molecule has 128 valence electrons. The summed E-state index contributed by atoms with van der Waals surface area (Å²) in [5.74, 6) is 1.32. The molecule has 1 aliphatic rings. The zero-order valence-corrected chi connectivity index (χ0v) is 14.9. The number of pyridine rings is 1. The molecule has 0 bridgehead atoms. The Labute approximate surface area is 144 Å². The molecule has 24 heavy (non-hydrogen) atoms. The first kappa shape index (κ1) is 16.7. The number of hydrogen-bond donors (Lipinski definition) is 1. The molecule has 0 saturated heterocycles.